The standard InChI is InChI=1S/C22H25ClN4O2/c1-15(2)26-12-20(28)27(11-17-4-6-18(23)7-5-17)22(21(26)29)13-25(14-22)19-8-9-24-16(3)10-19/h4-10,15H,11-14H2,1-3H3. The minimum Gasteiger partial charge on any atom is -0.365 e. The van der Waals surface area contributed by atoms with E-state index in [-0.39, 0.29) is 24.4 Å². The Morgan fingerprint density at radius 3 is 2.45 bits per heavy atom. The first-order valence-electron chi connectivity index (χ1n) is 9.84. The smallest absolute Gasteiger partial charge is 0.252 e. The summed E-state index contributed by atoms with van der Waals surface area (Å²) in [6.45, 7) is 7.35. The molecule has 3 heterocycles. The van der Waals surface area contributed by atoms with Crippen LogP contribution in [0.5, 0.6) is 0 Å². The normalized spacial score (nSPS) is 18.6. The van der Waals surface area contributed by atoms with Crippen molar-refractivity contribution in [2.75, 3.05) is 24.5 Å². The predicted octanol–water partition coefficient (Wildman–Crippen LogP) is 2.88. The van der Waals surface area contributed by atoms with Crippen LogP contribution in [0, 0.1) is 6.92 Å². The lowest BCUT2D eigenvalue weighted by molar-refractivity contribution is -0.170. The Morgan fingerprint density at radius 1 is 1.14 bits per heavy atom. The number of pyridine rings is 1. The Labute approximate surface area is 176 Å². The minimum atomic E-state index is -0.837. The molecular formula is C22H25ClN4O2. The number of benzene rings is 1. The van der Waals surface area contributed by atoms with Gasteiger partial charge in [-0.15, -0.1) is 0 Å². The molecule has 1 aromatic heterocycles. The van der Waals surface area contributed by atoms with Crippen LogP contribution < -0.4 is 4.90 Å². The molecule has 2 fully saturated rings. The molecule has 4 rings (SSSR count). The molecule has 7 heteroatoms. The van der Waals surface area contributed by atoms with Crippen molar-refractivity contribution in [2.24, 2.45) is 0 Å². The molecule has 2 aromatic rings. The van der Waals surface area contributed by atoms with E-state index >= 15 is 0 Å². The largest absolute Gasteiger partial charge is 0.365 e. The van der Waals surface area contributed by atoms with E-state index in [1.807, 2.05) is 57.2 Å². The number of halogens is 1. The minimum absolute atomic E-state index is 0.0150. The summed E-state index contributed by atoms with van der Waals surface area (Å²) in [5, 5.41) is 0.651. The SMILES string of the molecule is Cc1cc(N2CC3(C2)C(=O)N(C(C)C)CC(=O)N3Cc2ccc(Cl)cc2)ccn1. The number of hydrogen-bond acceptors (Lipinski definition) is 4. The van der Waals surface area contributed by atoms with Crippen LogP contribution in [0.15, 0.2) is 42.6 Å². The summed E-state index contributed by atoms with van der Waals surface area (Å²) in [6.07, 6.45) is 1.77. The van der Waals surface area contributed by atoms with E-state index < -0.39 is 5.54 Å². The van der Waals surface area contributed by atoms with Crippen molar-refractivity contribution in [2.45, 2.75) is 38.9 Å². The second-order valence-electron chi connectivity index (χ2n) is 8.18. The molecule has 2 aliphatic heterocycles. The van der Waals surface area contributed by atoms with Crippen molar-refractivity contribution in [3.63, 3.8) is 0 Å². The zero-order valence-corrected chi connectivity index (χ0v) is 17.7. The third-order valence-electron chi connectivity index (χ3n) is 5.81. The molecule has 1 aromatic carbocycles. The molecule has 152 valence electrons. The quantitative estimate of drug-likeness (QED) is 0.774. The summed E-state index contributed by atoms with van der Waals surface area (Å²) in [5.74, 6) is 0.0156. The maximum absolute atomic E-state index is 13.5. The first kappa shape index (κ1) is 19.7. The molecule has 2 amide bonds. The summed E-state index contributed by atoms with van der Waals surface area (Å²) in [5.41, 5.74) is 2.08. The van der Waals surface area contributed by atoms with Crippen LogP contribution in [0.4, 0.5) is 5.69 Å². The van der Waals surface area contributed by atoms with E-state index in [9.17, 15) is 9.59 Å². The van der Waals surface area contributed by atoms with E-state index in [1.54, 1.807) is 16.0 Å². The number of rotatable bonds is 4. The molecule has 1 spiro atoms. The number of nitrogens with zero attached hydrogens (tertiary/aromatic N) is 4. The van der Waals surface area contributed by atoms with E-state index in [1.165, 1.54) is 0 Å². The molecule has 6 nitrogen and oxygen atoms in total. The summed E-state index contributed by atoms with van der Waals surface area (Å²) < 4.78 is 0. The van der Waals surface area contributed by atoms with E-state index in [0.717, 1.165) is 16.9 Å². The second kappa shape index (κ2) is 7.34. The summed E-state index contributed by atoms with van der Waals surface area (Å²) in [6, 6.07) is 11.4. The highest BCUT2D eigenvalue weighted by Crippen LogP contribution is 2.38. The highest BCUT2D eigenvalue weighted by atomic mass is 35.5. The van der Waals surface area contributed by atoms with Crippen molar-refractivity contribution in [3.8, 4) is 0 Å². The van der Waals surface area contributed by atoms with Crippen LogP contribution in [-0.2, 0) is 16.1 Å². The molecule has 2 saturated heterocycles. The van der Waals surface area contributed by atoms with Gasteiger partial charge < -0.3 is 14.7 Å². The zero-order valence-electron chi connectivity index (χ0n) is 16.9. The average Bonchev–Trinajstić information content (AvgIpc) is 2.64. The number of anilines is 1. The van der Waals surface area contributed by atoms with E-state index in [0.29, 0.717) is 24.7 Å². The van der Waals surface area contributed by atoms with Gasteiger partial charge in [-0.1, -0.05) is 23.7 Å². The van der Waals surface area contributed by atoms with Gasteiger partial charge in [-0.3, -0.25) is 14.6 Å². The lowest BCUT2D eigenvalue weighted by Gasteiger charge is -2.59. The average molecular weight is 413 g/mol. The monoisotopic (exact) mass is 412 g/mol. The molecule has 0 aliphatic carbocycles. The molecule has 0 bridgehead atoms. The maximum atomic E-state index is 13.5. The van der Waals surface area contributed by atoms with Gasteiger partial charge in [-0.25, -0.2) is 0 Å². The highest BCUT2D eigenvalue weighted by molar-refractivity contribution is 6.30. The van der Waals surface area contributed by atoms with Crippen molar-refractivity contribution in [3.05, 3.63) is 58.9 Å². The van der Waals surface area contributed by atoms with Gasteiger partial charge >= 0.3 is 0 Å². The van der Waals surface area contributed by atoms with Crippen LogP contribution in [0.1, 0.15) is 25.1 Å². The van der Waals surface area contributed by atoms with E-state index in [4.69, 9.17) is 11.6 Å². The first-order valence-corrected chi connectivity index (χ1v) is 10.2. The highest BCUT2D eigenvalue weighted by Gasteiger charge is 2.59. The second-order valence-corrected chi connectivity index (χ2v) is 8.61. The molecular weight excluding hydrogens is 388 g/mol. The van der Waals surface area contributed by atoms with Gasteiger partial charge in [0.2, 0.25) is 5.91 Å². The predicted molar refractivity (Wildman–Crippen MR) is 113 cm³/mol. The van der Waals surface area contributed by atoms with Crippen molar-refractivity contribution in [1.82, 2.24) is 14.8 Å². The number of aromatic nitrogens is 1. The lowest BCUT2D eigenvalue weighted by atomic mass is 9.82. The Bertz CT molecular complexity index is 938. The molecule has 0 atom stereocenters. The van der Waals surface area contributed by atoms with Crippen molar-refractivity contribution >= 4 is 29.1 Å². The van der Waals surface area contributed by atoms with Gasteiger partial charge in [0.25, 0.3) is 5.91 Å². The van der Waals surface area contributed by atoms with Gasteiger partial charge in [0, 0.05) is 35.2 Å². The molecule has 0 N–H and O–H groups in total. The number of amides is 2. The summed E-state index contributed by atoms with van der Waals surface area (Å²) >= 11 is 6.00. The summed E-state index contributed by atoms with van der Waals surface area (Å²) in [7, 11) is 0. The molecule has 0 unspecified atom stereocenters. The third kappa shape index (κ3) is 3.46. The number of carbonyl (C=O) groups is 2. The Balaban J connectivity index is 1.64. The fourth-order valence-electron chi connectivity index (χ4n) is 4.15. The summed E-state index contributed by atoms with van der Waals surface area (Å²) in [4.78, 5) is 36.5. The third-order valence-corrected chi connectivity index (χ3v) is 6.06. The van der Waals surface area contributed by atoms with Crippen LogP contribution in [-0.4, -0.2) is 57.8 Å². The topological polar surface area (TPSA) is 56.8 Å². The van der Waals surface area contributed by atoms with Gasteiger partial charge in [0.1, 0.15) is 6.54 Å². The Hall–Kier alpha value is -2.60. The molecule has 0 saturated carbocycles. The number of carbonyl (C=O) groups excluding carboxylic acids is 2. The van der Waals surface area contributed by atoms with Gasteiger partial charge in [-0.05, 0) is 50.6 Å². The molecule has 2 aliphatic rings. The zero-order chi connectivity index (χ0) is 20.8. The Morgan fingerprint density at radius 2 is 1.83 bits per heavy atom. The van der Waals surface area contributed by atoms with Crippen LogP contribution >= 0.6 is 11.6 Å². The lowest BCUT2D eigenvalue weighted by Crippen LogP contribution is -2.81. The fraction of sp³-hybridized carbons (Fsp3) is 0.409. The van der Waals surface area contributed by atoms with Crippen LogP contribution in [0.25, 0.3) is 0 Å². The first-order chi connectivity index (χ1) is 13.8. The van der Waals surface area contributed by atoms with E-state index in [2.05, 4.69) is 9.88 Å². The number of piperazine rings is 1. The van der Waals surface area contributed by atoms with Crippen LogP contribution in [0.3, 0.4) is 0 Å². The molecule has 29 heavy (non-hydrogen) atoms. The van der Waals surface area contributed by atoms with Crippen molar-refractivity contribution < 1.29 is 9.59 Å². The maximum Gasteiger partial charge on any atom is 0.252 e. The van der Waals surface area contributed by atoms with Crippen molar-refractivity contribution in [1.29, 1.82) is 0 Å². The molecule has 0 radical (unpaired) electrons. The Kier molecular flexibility index (Phi) is 4.99. The van der Waals surface area contributed by atoms with Crippen LogP contribution in [0.2, 0.25) is 5.02 Å². The number of hydrogen-bond donors (Lipinski definition) is 0. The van der Waals surface area contributed by atoms with Gasteiger partial charge in [0.05, 0.1) is 13.1 Å². The number of aryl methyl sites for hydroxylation is 1. The fourth-order valence-corrected chi connectivity index (χ4v) is 4.28. The van der Waals surface area contributed by atoms with Gasteiger partial charge in [0.15, 0.2) is 5.54 Å². The van der Waals surface area contributed by atoms with Gasteiger partial charge in [-0.2, -0.15) is 0 Å².